The Bertz CT molecular complexity index is 1460. The van der Waals surface area contributed by atoms with E-state index in [-0.39, 0.29) is 0 Å². The van der Waals surface area contributed by atoms with E-state index in [2.05, 4.69) is 92.4 Å². The maximum atomic E-state index is 2.56. The summed E-state index contributed by atoms with van der Waals surface area (Å²) in [5.74, 6) is 4.16. The third kappa shape index (κ3) is 4.66. The fourth-order valence-corrected chi connectivity index (χ4v) is 11.4. The van der Waals surface area contributed by atoms with E-state index in [1.165, 1.54) is 67.3 Å². The maximum Gasteiger partial charge on any atom is 0.0910 e. The molecule has 42 heavy (non-hydrogen) atoms. The normalized spacial score (nSPS) is 18.9. The van der Waals surface area contributed by atoms with Crippen LogP contribution in [-0.4, -0.2) is 13.3 Å². The molecule has 4 aromatic rings. The highest BCUT2D eigenvalue weighted by molar-refractivity contribution is 8.76. The summed E-state index contributed by atoms with van der Waals surface area (Å²) in [5, 5.41) is 0. The zero-order chi connectivity index (χ0) is 27.6. The van der Waals surface area contributed by atoms with Gasteiger partial charge in [0, 0.05) is 71.9 Å². The van der Waals surface area contributed by atoms with Crippen molar-refractivity contribution >= 4 is 65.9 Å². The largest absolute Gasteiger partial charge is 0.349 e. The van der Waals surface area contributed by atoms with Crippen molar-refractivity contribution in [3.8, 4) is 0 Å². The van der Waals surface area contributed by atoms with Gasteiger partial charge >= 0.3 is 0 Å². The van der Waals surface area contributed by atoms with Gasteiger partial charge in [0.2, 0.25) is 0 Å². The number of nitrogens with zero attached hydrogens (tertiary/aromatic N) is 4. The van der Waals surface area contributed by atoms with Crippen LogP contribution in [0.1, 0.15) is 44.5 Å². The molecule has 4 nitrogen and oxygen atoms in total. The summed E-state index contributed by atoms with van der Waals surface area (Å²) in [5.41, 5.74) is 17.3. The van der Waals surface area contributed by atoms with E-state index in [0.29, 0.717) is 0 Å². The molecule has 14 aliphatic heterocycles. The summed E-state index contributed by atoms with van der Waals surface area (Å²) in [6, 6.07) is 28.8. The van der Waals surface area contributed by atoms with Gasteiger partial charge in [0.1, 0.15) is 0 Å². The molecule has 0 radical (unpaired) electrons. The highest BCUT2D eigenvalue weighted by Gasteiger charge is 2.31. The van der Waals surface area contributed by atoms with E-state index in [4.69, 9.17) is 0 Å². The molecule has 0 aromatic heterocycles. The minimum Gasteiger partial charge on any atom is -0.349 e. The molecule has 212 valence electrons. The van der Waals surface area contributed by atoms with Crippen LogP contribution in [0.3, 0.4) is 0 Å². The number of rotatable bonds is 0. The predicted octanol–water partition coefficient (Wildman–Crippen LogP) is 8.76. The summed E-state index contributed by atoms with van der Waals surface area (Å²) in [6.45, 7) is 5.98. The second-order valence-corrected chi connectivity index (χ2v) is 16.9. The van der Waals surface area contributed by atoms with Gasteiger partial charge in [-0.3, -0.25) is 0 Å². The molecule has 0 unspecified atom stereocenters. The molecule has 0 atom stereocenters. The molecule has 0 amide bonds. The van der Waals surface area contributed by atoms with Crippen molar-refractivity contribution in [2.75, 3.05) is 32.9 Å². The van der Waals surface area contributed by atoms with Gasteiger partial charge < -0.3 is 19.6 Å². The quantitative estimate of drug-likeness (QED) is 0.178. The van der Waals surface area contributed by atoms with Crippen molar-refractivity contribution in [3.63, 3.8) is 0 Å². The van der Waals surface area contributed by atoms with Crippen LogP contribution in [0.4, 0.5) is 22.7 Å². The van der Waals surface area contributed by atoms with E-state index in [1.54, 1.807) is 0 Å². The fraction of sp³-hybridized carbons (Fsp3) is 0.294. The lowest BCUT2D eigenvalue weighted by Crippen LogP contribution is -2.46. The van der Waals surface area contributed by atoms with Crippen LogP contribution in [0.15, 0.2) is 72.8 Å². The van der Waals surface area contributed by atoms with Crippen molar-refractivity contribution in [2.45, 2.75) is 49.2 Å². The van der Waals surface area contributed by atoms with Crippen molar-refractivity contribution in [1.82, 2.24) is 0 Å². The van der Waals surface area contributed by atoms with E-state index in [0.717, 1.165) is 62.5 Å². The van der Waals surface area contributed by atoms with E-state index in [1.807, 2.05) is 43.2 Å². The van der Waals surface area contributed by atoms with Gasteiger partial charge in [-0.15, -0.1) is 0 Å². The van der Waals surface area contributed by atoms with Gasteiger partial charge in [0.05, 0.1) is 13.3 Å². The molecule has 0 N–H and O–H groups in total. The molecule has 0 spiro atoms. The maximum absolute atomic E-state index is 2.56. The molecule has 14 heterocycles. The van der Waals surface area contributed by atoms with Crippen LogP contribution in [0.2, 0.25) is 0 Å². The number of anilines is 4. The predicted molar refractivity (Wildman–Crippen MR) is 185 cm³/mol. The van der Waals surface area contributed by atoms with Crippen molar-refractivity contribution in [1.29, 1.82) is 0 Å². The van der Waals surface area contributed by atoms with Gasteiger partial charge in [0.15, 0.2) is 0 Å². The fourth-order valence-electron chi connectivity index (χ4n) is 7.17. The Morgan fingerprint density at radius 3 is 0.881 bits per heavy atom. The molecule has 0 saturated heterocycles. The Kier molecular flexibility index (Phi) is 6.53. The smallest absolute Gasteiger partial charge is 0.0910 e. The van der Waals surface area contributed by atoms with Crippen LogP contribution < -0.4 is 19.6 Å². The molecule has 14 aliphatic rings. The topological polar surface area (TPSA) is 13.0 Å². The second kappa shape index (κ2) is 10.6. The number of hydrogen-bond acceptors (Lipinski definition) is 8. The monoisotopic (exact) mass is 624 g/mol. The zero-order valence-electron chi connectivity index (χ0n) is 23.4. The average molecular weight is 625 g/mol. The Morgan fingerprint density at radius 1 is 0.357 bits per heavy atom. The first-order valence-corrected chi connectivity index (χ1v) is 19.7. The van der Waals surface area contributed by atoms with E-state index >= 15 is 0 Å². The SMILES string of the molecule is c1cc2c3cc1CSSCc1ccc4c(c1)CN1CN4Cc4cc(ccc41)CSSCc1ccc4c(c1)CN2CN4C3. The molecule has 0 saturated carbocycles. The summed E-state index contributed by atoms with van der Waals surface area (Å²) in [4.78, 5) is 10.2. The first-order valence-electron chi connectivity index (χ1n) is 14.7. The summed E-state index contributed by atoms with van der Waals surface area (Å²) < 4.78 is 0. The second-order valence-electron chi connectivity index (χ2n) is 12.0. The molecule has 16 bridgehead atoms. The molecule has 0 aliphatic carbocycles. The van der Waals surface area contributed by atoms with Crippen LogP contribution in [0.5, 0.6) is 0 Å². The minimum atomic E-state index is 0.991. The van der Waals surface area contributed by atoms with Gasteiger partial charge in [-0.2, -0.15) is 0 Å². The van der Waals surface area contributed by atoms with Crippen molar-refractivity contribution in [3.05, 3.63) is 117 Å². The Labute approximate surface area is 264 Å². The lowest BCUT2D eigenvalue weighted by Gasteiger charge is -2.45. The summed E-state index contributed by atoms with van der Waals surface area (Å²) in [6.07, 6.45) is 0. The van der Waals surface area contributed by atoms with Crippen LogP contribution >= 0.6 is 43.2 Å². The Hall–Kier alpha value is -2.52. The zero-order valence-corrected chi connectivity index (χ0v) is 26.7. The van der Waals surface area contributed by atoms with Crippen molar-refractivity contribution < 1.29 is 0 Å². The lowest BCUT2D eigenvalue weighted by atomic mass is 9.99. The molecule has 4 aromatic carbocycles. The van der Waals surface area contributed by atoms with E-state index in [9.17, 15) is 0 Å². The average Bonchev–Trinajstić information content (AvgIpc) is 3.01. The summed E-state index contributed by atoms with van der Waals surface area (Å²) in [7, 11) is 7.94. The molecular formula is C34H32N4S4. The van der Waals surface area contributed by atoms with Gasteiger partial charge in [-0.25, -0.2) is 0 Å². The first-order chi connectivity index (χ1) is 20.7. The third-order valence-corrected chi connectivity index (χ3v) is 13.7. The number of benzene rings is 4. The van der Waals surface area contributed by atoms with Crippen LogP contribution in [-0.2, 0) is 49.2 Å². The third-order valence-electron chi connectivity index (χ3n) is 9.14. The molecular weight excluding hydrogens is 593 g/mol. The Morgan fingerprint density at radius 2 is 0.619 bits per heavy atom. The Balaban J connectivity index is 1.02. The highest BCUT2D eigenvalue weighted by atomic mass is 33.1. The van der Waals surface area contributed by atoms with Gasteiger partial charge in [-0.05, 0) is 68.8 Å². The van der Waals surface area contributed by atoms with Gasteiger partial charge in [0.25, 0.3) is 0 Å². The highest BCUT2D eigenvalue weighted by Crippen LogP contribution is 2.42. The standard InChI is InChI=1S/C34H32N4S4/c1-5-31-27-9-23(1)17-39-40-18-24-2-7-33-29(11-24)15-37-22-38(33)16-30-12-26(4-8-34(30)37)20-42-41-19-25-3-6-32-28(10-25)14-35(31)21-36(32)13-27/h1-12H,13-22H2. The molecule has 8 heteroatoms. The van der Waals surface area contributed by atoms with Crippen LogP contribution in [0.25, 0.3) is 0 Å². The van der Waals surface area contributed by atoms with E-state index < -0.39 is 0 Å². The first kappa shape index (κ1) is 25.9. The lowest BCUT2D eigenvalue weighted by molar-refractivity contribution is 0.650. The minimum absolute atomic E-state index is 0.991. The van der Waals surface area contributed by atoms with Crippen LogP contribution in [0, 0.1) is 0 Å². The summed E-state index contributed by atoms with van der Waals surface area (Å²) >= 11 is 0. The van der Waals surface area contributed by atoms with Gasteiger partial charge in [-0.1, -0.05) is 91.7 Å². The molecule has 0 fully saturated rings. The van der Waals surface area contributed by atoms with Crippen molar-refractivity contribution in [2.24, 2.45) is 0 Å². The number of hydrogen-bond donors (Lipinski definition) is 0. The molecule has 18 rings (SSSR count).